The normalized spacial score (nSPS) is 10.8. The first-order valence-corrected chi connectivity index (χ1v) is 9.66. The molecule has 0 bridgehead atoms. The molecule has 0 fully saturated rings. The van der Waals surface area contributed by atoms with E-state index in [0.717, 1.165) is 29.5 Å². The Morgan fingerprint density at radius 2 is 1.78 bits per heavy atom. The van der Waals surface area contributed by atoms with E-state index in [1.165, 1.54) is 16.1 Å². The molecule has 1 heterocycles. The Kier molecular flexibility index (Phi) is 7.51. The van der Waals surface area contributed by atoms with E-state index in [0.29, 0.717) is 0 Å². The van der Waals surface area contributed by atoms with Gasteiger partial charge in [0, 0.05) is 23.7 Å². The first-order chi connectivity index (χ1) is 12.6. The van der Waals surface area contributed by atoms with E-state index in [9.17, 15) is 0 Å². The molecule has 0 aliphatic heterocycles. The minimum Gasteiger partial charge on any atom is -1.00 e. The third kappa shape index (κ3) is 5.37. The minimum absolute atomic E-state index is 0. The molecule has 3 rings (SSSR count). The van der Waals surface area contributed by atoms with Gasteiger partial charge in [0.25, 0.3) is 0 Å². The standard InChI is InChI=1S/C21H25N4S.ClH/c1-5-25(15-18-9-7-6-8-10-18)19-11-12-20(16(2)13-19)22-23-21-24(4)14-17(3)26-21;/h6-14H,5,15H2,1-4H3;1H/q+1;/p-1. The SMILES string of the molecule is CCN(Cc1ccccc1)c1ccc(N=Nc2sc(C)c[n+]2C)c(C)c1.[Cl-]. The lowest BCUT2D eigenvalue weighted by atomic mass is 10.1. The molecule has 6 heteroatoms. The number of rotatable bonds is 6. The summed E-state index contributed by atoms with van der Waals surface area (Å²) >= 11 is 1.65. The highest BCUT2D eigenvalue weighted by atomic mass is 35.5. The van der Waals surface area contributed by atoms with Gasteiger partial charge >= 0.3 is 5.13 Å². The van der Waals surface area contributed by atoms with Crippen molar-refractivity contribution in [3.05, 3.63) is 70.7 Å². The average molecular weight is 401 g/mol. The summed E-state index contributed by atoms with van der Waals surface area (Å²) in [5.74, 6) is 0. The topological polar surface area (TPSA) is 31.8 Å². The monoisotopic (exact) mass is 400 g/mol. The van der Waals surface area contributed by atoms with E-state index in [4.69, 9.17) is 0 Å². The number of benzene rings is 2. The molecular weight excluding hydrogens is 376 g/mol. The van der Waals surface area contributed by atoms with E-state index < -0.39 is 0 Å². The molecule has 0 radical (unpaired) electrons. The number of halogens is 1. The van der Waals surface area contributed by atoms with Crippen LogP contribution < -0.4 is 21.9 Å². The van der Waals surface area contributed by atoms with Crippen LogP contribution in [0.3, 0.4) is 0 Å². The third-order valence-electron chi connectivity index (χ3n) is 4.32. The van der Waals surface area contributed by atoms with Gasteiger partial charge in [-0.3, -0.25) is 0 Å². The van der Waals surface area contributed by atoms with Crippen molar-refractivity contribution < 1.29 is 17.0 Å². The predicted molar refractivity (Wildman–Crippen MR) is 109 cm³/mol. The van der Waals surface area contributed by atoms with Crippen molar-refractivity contribution in [2.45, 2.75) is 27.3 Å². The zero-order valence-corrected chi connectivity index (χ0v) is 17.8. The molecule has 0 atom stereocenters. The summed E-state index contributed by atoms with van der Waals surface area (Å²) in [4.78, 5) is 3.60. The maximum absolute atomic E-state index is 4.46. The maximum Gasteiger partial charge on any atom is 0.408 e. The average Bonchev–Trinajstić information content (AvgIpc) is 2.97. The van der Waals surface area contributed by atoms with Crippen molar-refractivity contribution in [2.75, 3.05) is 11.4 Å². The van der Waals surface area contributed by atoms with Gasteiger partial charge in [0.2, 0.25) is 0 Å². The van der Waals surface area contributed by atoms with Gasteiger partial charge in [0.05, 0.1) is 12.2 Å². The van der Waals surface area contributed by atoms with Gasteiger partial charge in [-0.15, -0.1) is 0 Å². The van der Waals surface area contributed by atoms with Crippen molar-refractivity contribution >= 4 is 27.8 Å². The summed E-state index contributed by atoms with van der Waals surface area (Å²) in [7, 11) is 2.00. The molecule has 3 aromatic rings. The fraction of sp³-hybridized carbons (Fsp3) is 0.286. The summed E-state index contributed by atoms with van der Waals surface area (Å²) in [6.07, 6.45) is 2.07. The van der Waals surface area contributed by atoms with Crippen LogP contribution in [0.4, 0.5) is 16.5 Å². The van der Waals surface area contributed by atoms with Gasteiger partial charge in [-0.1, -0.05) is 30.3 Å². The molecule has 0 saturated heterocycles. The molecule has 0 amide bonds. The summed E-state index contributed by atoms with van der Waals surface area (Å²) in [5, 5.41) is 9.78. The lowest BCUT2D eigenvalue weighted by molar-refractivity contribution is -0.654. The molecular formula is C21H25ClN4S. The highest BCUT2D eigenvalue weighted by Crippen LogP contribution is 2.28. The highest BCUT2D eigenvalue weighted by molar-refractivity contribution is 7.14. The molecule has 0 spiro atoms. The quantitative estimate of drug-likeness (QED) is 0.462. The number of thiazole rings is 1. The predicted octanol–water partition coefficient (Wildman–Crippen LogP) is 2.64. The second-order valence-corrected chi connectivity index (χ2v) is 7.62. The molecule has 142 valence electrons. The van der Waals surface area contributed by atoms with Crippen LogP contribution in [-0.4, -0.2) is 6.54 Å². The van der Waals surface area contributed by atoms with Crippen molar-refractivity contribution in [2.24, 2.45) is 17.3 Å². The van der Waals surface area contributed by atoms with E-state index >= 15 is 0 Å². The minimum atomic E-state index is 0. The number of azo groups is 1. The summed E-state index contributed by atoms with van der Waals surface area (Å²) in [6, 6.07) is 17.0. The Morgan fingerprint density at radius 3 is 2.37 bits per heavy atom. The molecule has 2 aromatic carbocycles. The van der Waals surface area contributed by atoms with Gasteiger partial charge in [-0.2, -0.15) is 0 Å². The van der Waals surface area contributed by atoms with Crippen LogP contribution in [0.5, 0.6) is 0 Å². The van der Waals surface area contributed by atoms with E-state index in [-0.39, 0.29) is 12.4 Å². The van der Waals surface area contributed by atoms with Crippen LogP contribution in [0.2, 0.25) is 0 Å². The Labute approximate surface area is 171 Å². The zero-order valence-electron chi connectivity index (χ0n) is 16.2. The molecule has 0 unspecified atom stereocenters. The number of hydrogen-bond acceptors (Lipinski definition) is 4. The summed E-state index contributed by atoms with van der Waals surface area (Å²) < 4.78 is 2.01. The van der Waals surface area contributed by atoms with Crippen molar-refractivity contribution in [3.8, 4) is 0 Å². The maximum atomic E-state index is 4.46. The number of nitrogens with zero attached hydrogens (tertiary/aromatic N) is 4. The second kappa shape index (κ2) is 9.62. The summed E-state index contributed by atoms with van der Waals surface area (Å²) in [5.41, 5.74) is 4.57. The van der Waals surface area contributed by atoms with Gasteiger partial charge in [-0.05, 0) is 66.5 Å². The molecule has 0 aliphatic carbocycles. The van der Waals surface area contributed by atoms with Crippen LogP contribution in [0.1, 0.15) is 22.9 Å². The van der Waals surface area contributed by atoms with Gasteiger partial charge < -0.3 is 17.3 Å². The van der Waals surface area contributed by atoms with Crippen molar-refractivity contribution in [1.29, 1.82) is 0 Å². The smallest absolute Gasteiger partial charge is 0.408 e. The third-order valence-corrected chi connectivity index (χ3v) is 5.30. The van der Waals surface area contributed by atoms with Crippen molar-refractivity contribution in [3.63, 3.8) is 0 Å². The Hall–Kier alpha value is -2.24. The largest absolute Gasteiger partial charge is 1.00 e. The van der Waals surface area contributed by atoms with Crippen LogP contribution in [0.15, 0.2) is 65.0 Å². The molecule has 0 saturated carbocycles. The fourth-order valence-electron chi connectivity index (χ4n) is 2.90. The highest BCUT2D eigenvalue weighted by Gasteiger charge is 2.12. The Morgan fingerprint density at radius 1 is 1.04 bits per heavy atom. The van der Waals surface area contributed by atoms with Gasteiger partial charge in [0.1, 0.15) is 11.9 Å². The van der Waals surface area contributed by atoms with Crippen LogP contribution >= 0.6 is 11.3 Å². The van der Waals surface area contributed by atoms with Crippen LogP contribution in [-0.2, 0) is 13.6 Å². The number of aryl methyl sites for hydroxylation is 3. The molecule has 1 aromatic heterocycles. The number of hydrogen-bond donors (Lipinski definition) is 0. The van der Waals surface area contributed by atoms with E-state index in [2.05, 4.69) is 90.6 Å². The first-order valence-electron chi connectivity index (χ1n) is 8.84. The molecule has 4 nitrogen and oxygen atoms in total. The molecule has 27 heavy (non-hydrogen) atoms. The molecule has 0 aliphatic rings. The Balaban J connectivity index is 0.00000261. The zero-order chi connectivity index (χ0) is 18.5. The van der Waals surface area contributed by atoms with Gasteiger partial charge in [0.15, 0.2) is 0 Å². The van der Waals surface area contributed by atoms with Crippen LogP contribution in [0.25, 0.3) is 0 Å². The van der Waals surface area contributed by atoms with Crippen molar-refractivity contribution in [1.82, 2.24) is 0 Å². The molecule has 0 N–H and O–H groups in total. The van der Waals surface area contributed by atoms with E-state index in [1.54, 1.807) is 11.3 Å². The lowest BCUT2D eigenvalue weighted by Crippen LogP contribution is -3.00. The Bertz CT molecular complexity index is 906. The number of aromatic nitrogens is 1. The number of anilines is 1. The first kappa shape index (κ1) is 21.1. The van der Waals surface area contributed by atoms with E-state index in [1.807, 2.05) is 11.6 Å². The lowest BCUT2D eigenvalue weighted by Gasteiger charge is -2.23. The van der Waals surface area contributed by atoms with Crippen LogP contribution in [0, 0.1) is 13.8 Å². The second-order valence-electron chi connectivity index (χ2n) is 6.41. The summed E-state index contributed by atoms with van der Waals surface area (Å²) in [6.45, 7) is 8.22. The van der Waals surface area contributed by atoms with Gasteiger partial charge in [-0.25, -0.2) is 4.57 Å². The fourth-order valence-corrected chi connectivity index (χ4v) is 3.67.